The molecule has 0 aromatic heterocycles. The molecule has 0 aliphatic heterocycles. The van der Waals surface area contributed by atoms with Gasteiger partial charge in [-0.2, -0.15) is 0 Å². The Bertz CT molecular complexity index is 845. The van der Waals surface area contributed by atoms with Gasteiger partial charge in [-0.1, -0.05) is 72.8 Å². The zero-order chi connectivity index (χ0) is 19.6. The number of carbonyl (C=O) groups is 1. The van der Waals surface area contributed by atoms with Crippen molar-refractivity contribution < 1.29 is 19.4 Å². The van der Waals surface area contributed by atoms with Gasteiger partial charge in [0.2, 0.25) is 0 Å². The molecule has 0 aliphatic rings. The van der Waals surface area contributed by atoms with Gasteiger partial charge >= 0.3 is 5.97 Å². The second-order valence-corrected chi connectivity index (χ2v) is 6.58. The Labute approximate surface area is 165 Å². The van der Waals surface area contributed by atoms with Gasteiger partial charge in [-0.3, -0.25) is 0 Å². The number of carboxylic acid groups (broad SMARTS) is 1. The lowest BCUT2D eigenvalue weighted by atomic mass is 10.1. The quantitative estimate of drug-likeness (QED) is 0.549. The predicted molar refractivity (Wildman–Crippen MR) is 108 cm³/mol. The fraction of sp³-hybridized carbons (Fsp3) is 0.208. The van der Waals surface area contributed by atoms with Gasteiger partial charge in [-0.15, -0.1) is 0 Å². The zero-order valence-corrected chi connectivity index (χ0v) is 15.7. The van der Waals surface area contributed by atoms with E-state index in [2.05, 4.69) is 0 Å². The van der Waals surface area contributed by atoms with Gasteiger partial charge in [-0.25, -0.2) is 4.79 Å². The van der Waals surface area contributed by atoms with Gasteiger partial charge in [-0.05, 0) is 41.7 Å². The molecule has 144 valence electrons. The predicted octanol–water partition coefficient (Wildman–Crippen LogP) is 4.87. The van der Waals surface area contributed by atoms with Crippen LogP contribution in [-0.4, -0.2) is 17.2 Å². The first kappa shape index (κ1) is 19.6. The van der Waals surface area contributed by atoms with E-state index in [-0.39, 0.29) is 0 Å². The molecule has 0 amide bonds. The second-order valence-electron chi connectivity index (χ2n) is 6.58. The number of hydrogen-bond acceptors (Lipinski definition) is 3. The van der Waals surface area contributed by atoms with E-state index in [4.69, 9.17) is 9.47 Å². The summed E-state index contributed by atoms with van der Waals surface area (Å²) in [6, 6.07) is 27.4. The Balaban J connectivity index is 1.47. The monoisotopic (exact) mass is 376 g/mol. The highest BCUT2D eigenvalue weighted by Gasteiger charge is 2.18. The summed E-state index contributed by atoms with van der Waals surface area (Å²) in [6.07, 6.45) is 0.228. The van der Waals surface area contributed by atoms with Gasteiger partial charge in [0, 0.05) is 0 Å². The van der Waals surface area contributed by atoms with Crippen LogP contribution in [0.25, 0.3) is 0 Å². The molecule has 3 rings (SSSR count). The Morgan fingerprint density at radius 1 is 0.750 bits per heavy atom. The summed E-state index contributed by atoms with van der Waals surface area (Å²) in [6.45, 7) is 0.818. The first-order valence-corrected chi connectivity index (χ1v) is 9.35. The van der Waals surface area contributed by atoms with E-state index in [1.807, 2.05) is 84.9 Å². The van der Waals surface area contributed by atoms with Crippen molar-refractivity contribution in [2.45, 2.75) is 32.2 Å². The minimum Gasteiger partial charge on any atom is -0.489 e. The molecule has 0 saturated carbocycles. The number of rotatable bonds is 10. The van der Waals surface area contributed by atoms with E-state index >= 15 is 0 Å². The number of hydrogen-bond donors (Lipinski definition) is 1. The van der Waals surface area contributed by atoms with Crippen LogP contribution in [0.15, 0.2) is 84.9 Å². The van der Waals surface area contributed by atoms with Crippen LogP contribution in [0.2, 0.25) is 0 Å². The van der Waals surface area contributed by atoms with E-state index < -0.39 is 12.1 Å². The topological polar surface area (TPSA) is 55.8 Å². The number of carboxylic acids is 1. The zero-order valence-electron chi connectivity index (χ0n) is 15.7. The van der Waals surface area contributed by atoms with Crippen molar-refractivity contribution in [1.82, 2.24) is 0 Å². The molecule has 0 heterocycles. The van der Waals surface area contributed by atoms with Crippen LogP contribution < -0.4 is 4.74 Å². The molecule has 1 atom stereocenters. The second kappa shape index (κ2) is 10.3. The van der Waals surface area contributed by atoms with Gasteiger partial charge in [0.1, 0.15) is 12.4 Å². The maximum Gasteiger partial charge on any atom is 0.332 e. The smallest absolute Gasteiger partial charge is 0.332 e. The Hall–Kier alpha value is -3.11. The highest BCUT2D eigenvalue weighted by Crippen LogP contribution is 2.17. The van der Waals surface area contributed by atoms with Crippen LogP contribution in [0.1, 0.15) is 23.1 Å². The lowest BCUT2D eigenvalue weighted by molar-refractivity contribution is -0.151. The van der Waals surface area contributed by atoms with Gasteiger partial charge in [0.15, 0.2) is 6.10 Å². The van der Waals surface area contributed by atoms with Crippen molar-refractivity contribution >= 4 is 5.97 Å². The molecule has 0 spiro atoms. The van der Waals surface area contributed by atoms with E-state index in [1.54, 1.807) is 0 Å². The van der Waals surface area contributed by atoms with Crippen LogP contribution >= 0.6 is 0 Å². The fourth-order valence-electron chi connectivity index (χ4n) is 2.84. The van der Waals surface area contributed by atoms with Crippen LogP contribution in [0, 0.1) is 0 Å². The van der Waals surface area contributed by atoms with Crippen molar-refractivity contribution in [1.29, 1.82) is 0 Å². The molecule has 1 N–H and O–H groups in total. The Morgan fingerprint density at radius 2 is 1.32 bits per heavy atom. The summed E-state index contributed by atoms with van der Waals surface area (Å²) in [5.74, 6) is -0.138. The molecule has 3 aromatic carbocycles. The Morgan fingerprint density at radius 3 is 1.89 bits per heavy atom. The van der Waals surface area contributed by atoms with Crippen molar-refractivity contribution in [3.05, 3.63) is 102 Å². The summed E-state index contributed by atoms with van der Waals surface area (Å²) in [5.41, 5.74) is 3.14. The SMILES string of the molecule is O=C(O)[C@H](CCc1ccc(OCc2ccccc2)cc1)OCc1ccccc1. The number of aliphatic carboxylic acids is 1. The number of ether oxygens (including phenoxy) is 2. The summed E-state index contributed by atoms with van der Waals surface area (Å²) >= 11 is 0. The molecular weight excluding hydrogens is 352 g/mol. The van der Waals surface area contributed by atoms with Crippen LogP contribution in [0.3, 0.4) is 0 Å². The van der Waals surface area contributed by atoms with Gasteiger partial charge in [0.25, 0.3) is 0 Å². The molecule has 0 radical (unpaired) electrons. The van der Waals surface area contributed by atoms with Crippen molar-refractivity contribution in [2.24, 2.45) is 0 Å². The third-order valence-electron chi connectivity index (χ3n) is 4.44. The average molecular weight is 376 g/mol. The van der Waals surface area contributed by atoms with Gasteiger partial charge < -0.3 is 14.6 Å². The average Bonchev–Trinajstić information content (AvgIpc) is 2.74. The minimum atomic E-state index is -0.932. The lowest BCUT2D eigenvalue weighted by Crippen LogP contribution is -2.24. The number of aryl methyl sites for hydroxylation is 1. The van der Waals surface area contributed by atoms with Crippen molar-refractivity contribution in [3.63, 3.8) is 0 Å². The van der Waals surface area contributed by atoms with Crippen LogP contribution in [0.5, 0.6) is 5.75 Å². The maximum absolute atomic E-state index is 11.5. The maximum atomic E-state index is 11.5. The lowest BCUT2D eigenvalue weighted by Gasteiger charge is -2.14. The molecule has 4 heteroatoms. The van der Waals surface area contributed by atoms with Crippen LogP contribution in [-0.2, 0) is 29.2 Å². The first-order chi connectivity index (χ1) is 13.7. The van der Waals surface area contributed by atoms with E-state index in [1.165, 1.54) is 0 Å². The molecule has 28 heavy (non-hydrogen) atoms. The molecule has 4 nitrogen and oxygen atoms in total. The van der Waals surface area contributed by atoms with Crippen molar-refractivity contribution in [2.75, 3.05) is 0 Å². The highest BCUT2D eigenvalue weighted by atomic mass is 16.5. The molecule has 0 fully saturated rings. The normalized spacial score (nSPS) is 11.7. The summed E-state index contributed by atoms with van der Waals surface area (Å²) < 4.78 is 11.4. The third kappa shape index (κ3) is 6.25. The van der Waals surface area contributed by atoms with E-state index in [0.29, 0.717) is 26.1 Å². The molecule has 0 bridgehead atoms. The summed E-state index contributed by atoms with van der Waals surface area (Å²) in [7, 11) is 0. The van der Waals surface area contributed by atoms with Crippen LogP contribution in [0.4, 0.5) is 0 Å². The first-order valence-electron chi connectivity index (χ1n) is 9.35. The molecule has 3 aromatic rings. The molecule has 0 unspecified atom stereocenters. The van der Waals surface area contributed by atoms with Crippen molar-refractivity contribution in [3.8, 4) is 5.75 Å². The summed E-state index contributed by atoms with van der Waals surface area (Å²) in [5, 5.41) is 9.41. The summed E-state index contributed by atoms with van der Waals surface area (Å²) in [4.78, 5) is 11.5. The standard InChI is InChI=1S/C24H24O4/c25-24(26)23(28-18-21-9-5-2-6-10-21)16-13-19-11-14-22(15-12-19)27-17-20-7-3-1-4-8-20/h1-12,14-15,23H,13,16-18H2,(H,25,26)/t23-/m0/s1. The molecule has 0 saturated heterocycles. The van der Waals surface area contributed by atoms with Gasteiger partial charge in [0.05, 0.1) is 6.61 Å². The van der Waals surface area contributed by atoms with E-state index in [9.17, 15) is 9.90 Å². The largest absolute Gasteiger partial charge is 0.489 e. The third-order valence-corrected chi connectivity index (χ3v) is 4.44. The highest BCUT2D eigenvalue weighted by molar-refractivity contribution is 5.72. The molecule has 0 aliphatic carbocycles. The molecular formula is C24H24O4. The number of benzene rings is 3. The fourth-order valence-corrected chi connectivity index (χ4v) is 2.84. The minimum absolute atomic E-state index is 0.296. The van der Waals surface area contributed by atoms with E-state index in [0.717, 1.165) is 22.4 Å². The Kier molecular flexibility index (Phi) is 7.21.